The monoisotopic (exact) mass is 229 g/mol. The molecule has 0 spiro atoms. The number of nitrogens with two attached hydrogens (primary N) is 1. The van der Waals surface area contributed by atoms with E-state index in [0.29, 0.717) is 16.3 Å². The summed E-state index contributed by atoms with van der Waals surface area (Å²) in [5, 5.41) is 9.17. The maximum absolute atomic E-state index is 10.6. The number of benzene rings is 1. The Morgan fingerprint density at radius 3 is 2.87 bits per heavy atom. The van der Waals surface area contributed by atoms with Gasteiger partial charge in [-0.15, -0.1) is 0 Å². The zero-order chi connectivity index (χ0) is 11.4. The average molecular weight is 230 g/mol. The SMILES string of the molecule is CC(Oc1cccc(Cl)c1CN)C(=O)O. The lowest BCUT2D eigenvalue weighted by atomic mass is 10.2. The summed E-state index contributed by atoms with van der Waals surface area (Å²) in [5.41, 5.74) is 6.11. The van der Waals surface area contributed by atoms with Crippen molar-refractivity contribution in [3.05, 3.63) is 28.8 Å². The number of hydrogen-bond acceptors (Lipinski definition) is 3. The Morgan fingerprint density at radius 2 is 2.33 bits per heavy atom. The number of aliphatic carboxylic acids is 1. The van der Waals surface area contributed by atoms with Crippen LogP contribution in [0.15, 0.2) is 18.2 Å². The van der Waals surface area contributed by atoms with E-state index in [1.807, 2.05) is 0 Å². The molecule has 0 amide bonds. The molecule has 0 aliphatic carbocycles. The summed E-state index contributed by atoms with van der Waals surface area (Å²) in [6.45, 7) is 1.66. The number of carboxylic acids is 1. The quantitative estimate of drug-likeness (QED) is 0.824. The Hall–Kier alpha value is -1.26. The fraction of sp³-hybridized carbons (Fsp3) is 0.300. The highest BCUT2D eigenvalue weighted by molar-refractivity contribution is 6.31. The van der Waals surface area contributed by atoms with Crippen LogP contribution in [0.4, 0.5) is 0 Å². The van der Waals surface area contributed by atoms with Crippen molar-refractivity contribution in [2.24, 2.45) is 5.73 Å². The van der Waals surface area contributed by atoms with Gasteiger partial charge in [-0.3, -0.25) is 0 Å². The van der Waals surface area contributed by atoms with E-state index in [9.17, 15) is 4.79 Å². The molecule has 0 aliphatic heterocycles. The molecule has 0 saturated heterocycles. The number of halogens is 1. The summed E-state index contributed by atoms with van der Waals surface area (Å²) in [6, 6.07) is 5.01. The maximum atomic E-state index is 10.6. The molecule has 4 nitrogen and oxygen atoms in total. The van der Waals surface area contributed by atoms with Gasteiger partial charge in [0, 0.05) is 17.1 Å². The first-order valence-corrected chi connectivity index (χ1v) is 4.81. The molecule has 0 saturated carbocycles. The van der Waals surface area contributed by atoms with E-state index < -0.39 is 12.1 Å². The van der Waals surface area contributed by atoms with Crippen molar-refractivity contribution < 1.29 is 14.6 Å². The van der Waals surface area contributed by atoms with E-state index in [-0.39, 0.29) is 6.54 Å². The van der Waals surface area contributed by atoms with Gasteiger partial charge in [0.2, 0.25) is 0 Å². The van der Waals surface area contributed by atoms with Crippen molar-refractivity contribution in [3.8, 4) is 5.75 Å². The van der Waals surface area contributed by atoms with Gasteiger partial charge in [0.1, 0.15) is 5.75 Å². The third-order valence-corrected chi connectivity index (χ3v) is 2.29. The van der Waals surface area contributed by atoms with E-state index >= 15 is 0 Å². The fourth-order valence-corrected chi connectivity index (χ4v) is 1.33. The van der Waals surface area contributed by atoms with E-state index in [1.165, 1.54) is 6.92 Å². The van der Waals surface area contributed by atoms with E-state index in [4.69, 9.17) is 27.2 Å². The zero-order valence-electron chi connectivity index (χ0n) is 8.24. The van der Waals surface area contributed by atoms with E-state index in [1.54, 1.807) is 18.2 Å². The normalized spacial score (nSPS) is 12.2. The molecule has 0 heterocycles. The minimum absolute atomic E-state index is 0.210. The number of hydrogen-bond donors (Lipinski definition) is 2. The minimum Gasteiger partial charge on any atom is -0.479 e. The Labute approximate surface area is 92.6 Å². The van der Waals surface area contributed by atoms with Crippen molar-refractivity contribution in [1.29, 1.82) is 0 Å². The first kappa shape index (κ1) is 11.8. The summed E-state index contributed by atoms with van der Waals surface area (Å²) in [4.78, 5) is 10.6. The minimum atomic E-state index is -1.03. The van der Waals surface area contributed by atoms with Crippen LogP contribution in [-0.4, -0.2) is 17.2 Å². The van der Waals surface area contributed by atoms with Crippen LogP contribution in [0.2, 0.25) is 5.02 Å². The third-order valence-electron chi connectivity index (χ3n) is 1.93. The molecular formula is C10H12ClNO3. The van der Waals surface area contributed by atoms with Crippen LogP contribution in [0.25, 0.3) is 0 Å². The first-order valence-electron chi connectivity index (χ1n) is 4.43. The lowest BCUT2D eigenvalue weighted by Gasteiger charge is -2.14. The second kappa shape index (κ2) is 5.00. The lowest BCUT2D eigenvalue weighted by molar-refractivity contribution is -0.144. The van der Waals surface area contributed by atoms with Crippen LogP contribution in [0.5, 0.6) is 5.75 Å². The van der Waals surface area contributed by atoms with Crippen molar-refractivity contribution in [1.82, 2.24) is 0 Å². The van der Waals surface area contributed by atoms with Crippen LogP contribution in [0, 0.1) is 0 Å². The van der Waals surface area contributed by atoms with Gasteiger partial charge in [0.15, 0.2) is 6.10 Å². The summed E-state index contributed by atoms with van der Waals surface area (Å²) in [5.74, 6) is -0.613. The largest absolute Gasteiger partial charge is 0.479 e. The van der Waals surface area contributed by atoms with Gasteiger partial charge in [-0.2, -0.15) is 0 Å². The van der Waals surface area contributed by atoms with Crippen molar-refractivity contribution in [2.45, 2.75) is 19.6 Å². The lowest BCUT2D eigenvalue weighted by Crippen LogP contribution is -2.23. The summed E-state index contributed by atoms with van der Waals surface area (Å²) >= 11 is 5.89. The third kappa shape index (κ3) is 2.84. The van der Waals surface area contributed by atoms with Crippen LogP contribution < -0.4 is 10.5 Å². The predicted molar refractivity (Wildman–Crippen MR) is 57.1 cm³/mol. The molecule has 3 N–H and O–H groups in total. The highest BCUT2D eigenvalue weighted by Gasteiger charge is 2.15. The summed E-state index contributed by atoms with van der Waals surface area (Å²) in [7, 11) is 0. The molecule has 5 heteroatoms. The maximum Gasteiger partial charge on any atom is 0.344 e. The van der Waals surface area contributed by atoms with Crippen molar-refractivity contribution in [2.75, 3.05) is 0 Å². The number of rotatable bonds is 4. The smallest absolute Gasteiger partial charge is 0.344 e. The highest BCUT2D eigenvalue weighted by atomic mass is 35.5. The Balaban J connectivity index is 2.94. The second-order valence-electron chi connectivity index (χ2n) is 3.02. The first-order chi connectivity index (χ1) is 7.06. The molecule has 1 atom stereocenters. The molecular weight excluding hydrogens is 218 g/mol. The summed E-state index contributed by atoms with van der Waals surface area (Å²) in [6.07, 6.45) is -0.922. The van der Waals surface area contributed by atoms with Crippen LogP contribution in [-0.2, 0) is 11.3 Å². The number of carbonyl (C=O) groups is 1. The molecule has 82 valence electrons. The molecule has 15 heavy (non-hydrogen) atoms. The predicted octanol–water partition coefficient (Wildman–Crippen LogP) is 1.65. The van der Waals surface area contributed by atoms with Gasteiger partial charge in [-0.1, -0.05) is 17.7 Å². The van der Waals surface area contributed by atoms with Gasteiger partial charge in [-0.05, 0) is 19.1 Å². The Bertz CT molecular complexity index is 368. The summed E-state index contributed by atoms with van der Waals surface area (Å²) < 4.78 is 5.21. The van der Waals surface area contributed by atoms with Gasteiger partial charge >= 0.3 is 5.97 Å². The topological polar surface area (TPSA) is 72.5 Å². The van der Waals surface area contributed by atoms with Crippen LogP contribution in [0.1, 0.15) is 12.5 Å². The van der Waals surface area contributed by atoms with Gasteiger partial charge in [0.05, 0.1) is 0 Å². The Kier molecular flexibility index (Phi) is 3.94. The highest BCUT2D eigenvalue weighted by Crippen LogP contribution is 2.26. The molecule has 1 rings (SSSR count). The Morgan fingerprint density at radius 1 is 1.67 bits per heavy atom. The molecule has 0 fully saturated rings. The van der Waals surface area contributed by atoms with Crippen LogP contribution in [0.3, 0.4) is 0 Å². The molecule has 0 bridgehead atoms. The zero-order valence-corrected chi connectivity index (χ0v) is 8.99. The number of ether oxygens (including phenoxy) is 1. The van der Waals surface area contributed by atoms with E-state index in [2.05, 4.69) is 0 Å². The standard InChI is InChI=1S/C10H12ClNO3/c1-6(10(13)14)15-9-4-2-3-8(11)7(9)5-12/h2-4,6H,5,12H2,1H3,(H,13,14). The van der Waals surface area contributed by atoms with Crippen molar-refractivity contribution in [3.63, 3.8) is 0 Å². The number of carboxylic acid groups (broad SMARTS) is 1. The van der Waals surface area contributed by atoms with Crippen LogP contribution >= 0.6 is 11.6 Å². The second-order valence-corrected chi connectivity index (χ2v) is 3.43. The average Bonchev–Trinajstić information content (AvgIpc) is 2.18. The van der Waals surface area contributed by atoms with Gasteiger partial charge in [0.25, 0.3) is 0 Å². The molecule has 0 radical (unpaired) electrons. The van der Waals surface area contributed by atoms with E-state index in [0.717, 1.165) is 0 Å². The van der Waals surface area contributed by atoms with Gasteiger partial charge in [-0.25, -0.2) is 4.79 Å². The molecule has 1 aromatic rings. The molecule has 0 aliphatic rings. The fourth-order valence-electron chi connectivity index (χ4n) is 1.09. The molecule has 1 unspecified atom stereocenters. The molecule has 1 aromatic carbocycles. The van der Waals surface area contributed by atoms with Gasteiger partial charge < -0.3 is 15.6 Å². The molecule has 0 aromatic heterocycles. The van der Waals surface area contributed by atoms with Crippen molar-refractivity contribution >= 4 is 17.6 Å².